The summed E-state index contributed by atoms with van der Waals surface area (Å²) in [6.07, 6.45) is 2.87. The van der Waals surface area contributed by atoms with Crippen LogP contribution < -0.4 is 20.7 Å². The third-order valence-corrected chi connectivity index (χ3v) is 3.97. The van der Waals surface area contributed by atoms with Crippen LogP contribution in [0.3, 0.4) is 0 Å². The van der Waals surface area contributed by atoms with Crippen molar-refractivity contribution < 1.29 is 14.3 Å². The summed E-state index contributed by atoms with van der Waals surface area (Å²) in [5, 5.41) is 8.58. The molecule has 0 saturated heterocycles. The van der Waals surface area contributed by atoms with Crippen LogP contribution in [0.5, 0.6) is 5.75 Å². The molecule has 0 aliphatic rings. The number of methoxy groups -OCH3 is 1. The molecule has 29 heavy (non-hydrogen) atoms. The number of ether oxygens (including phenoxy) is 1. The van der Waals surface area contributed by atoms with E-state index >= 15 is 0 Å². The summed E-state index contributed by atoms with van der Waals surface area (Å²) in [5.41, 5.74) is 3.22. The second kappa shape index (κ2) is 8.83. The van der Waals surface area contributed by atoms with Crippen LogP contribution in [-0.4, -0.2) is 28.9 Å². The third-order valence-electron chi connectivity index (χ3n) is 3.97. The third kappa shape index (κ3) is 5.29. The lowest BCUT2D eigenvalue weighted by Crippen LogP contribution is -2.15. The SMILES string of the molecule is COc1ccc(C)cc1NC(=O)c1cnc(Nc2ccc(NC(C)=O)cc2)cn1. The van der Waals surface area contributed by atoms with E-state index < -0.39 is 0 Å². The van der Waals surface area contributed by atoms with E-state index in [1.54, 1.807) is 37.4 Å². The molecule has 0 aliphatic heterocycles. The predicted molar refractivity (Wildman–Crippen MR) is 112 cm³/mol. The van der Waals surface area contributed by atoms with Gasteiger partial charge in [-0.3, -0.25) is 9.59 Å². The number of hydrogen-bond acceptors (Lipinski definition) is 6. The van der Waals surface area contributed by atoms with Gasteiger partial charge in [-0.1, -0.05) is 6.07 Å². The monoisotopic (exact) mass is 391 g/mol. The van der Waals surface area contributed by atoms with Crippen LogP contribution in [0.15, 0.2) is 54.9 Å². The van der Waals surface area contributed by atoms with Gasteiger partial charge in [-0.15, -0.1) is 0 Å². The van der Waals surface area contributed by atoms with E-state index in [9.17, 15) is 9.59 Å². The van der Waals surface area contributed by atoms with Gasteiger partial charge < -0.3 is 20.7 Å². The molecule has 0 atom stereocenters. The van der Waals surface area contributed by atoms with Crippen LogP contribution in [0.25, 0.3) is 0 Å². The summed E-state index contributed by atoms with van der Waals surface area (Å²) >= 11 is 0. The first-order chi connectivity index (χ1) is 13.9. The average Bonchev–Trinajstić information content (AvgIpc) is 2.70. The van der Waals surface area contributed by atoms with Gasteiger partial charge in [0.2, 0.25) is 5.91 Å². The molecule has 1 aromatic heterocycles. The molecule has 0 saturated carbocycles. The van der Waals surface area contributed by atoms with Crippen LogP contribution in [0.4, 0.5) is 22.9 Å². The smallest absolute Gasteiger partial charge is 0.275 e. The molecule has 0 aliphatic carbocycles. The van der Waals surface area contributed by atoms with Crippen LogP contribution in [0.2, 0.25) is 0 Å². The Kier molecular flexibility index (Phi) is 6.03. The summed E-state index contributed by atoms with van der Waals surface area (Å²) in [4.78, 5) is 31.9. The number of nitrogens with zero attached hydrogens (tertiary/aromatic N) is 2. The van der Waals surface area contributed by atoms with Crippen LogP contribution in [0, 0.1) is 6.92 Å². The molecule has 2 aromatic carbocycles. The van der Waals surface area contributed by atoms with E-state index in [2.05, 4.69) is 25.9 Å². The van der Waals surface area contributed by atoms with Crippen molar-refractivity contribution in [2.75, 3.05) is 23.1 Å². The van der Waals surface area contributed by atoms with Gasteiger partial charge in [0.15, 0.2) is 0 Å². The Labute approximate surface area is 168 Å². The number of aryl methyl sites for hydroxylation is 1. The van der Waals surface area contributed by atoms with Gasteiger partial charge in [-0.25, -0.2) is 9.97 Å². The van der Waals surface area contributed by atoms with E-state index in [-0.39, 0.29) is 17.5 Å². The van der Waals surface area contributed by atoms with Crippen molar-refractivity contribution in [1.82, 2.24) is 9.97 Å². The topological polar surface area (TPSA) is 105 Å². The summed E-state index contributed by atoms with van der Waals surface area (Å²) in [6.45, 7) is 3.38. The van der Waals surface area contributed by atoms with E-state index in [1.165, 1.54) is 19.3 Å². The molecule has 8 nitrogen and oxygen atoms in total. The molecule has 1 heterocycles. The fourth-order valence-corrected chi connectivity index (χ4v) is 2.60. The quantitative estimate of drug-likeness (QED) is 0.591. The predicted octanol–water partition coefficient (Wildman–Crippen LogP) is 3.75. The Balaban J connectivity index is 1.66. The first kappa shape index (κ1) is 19.8. The number of carbonyl (C=O) groups is 2. The maximum Gasteiger partial charge on any atom is 0.275 e. The Bertz CT molecular complexity index is 1020. The van der Waals surface area contributed by atoms with E-state index in [4.69, 9.17) is 4.74 Å². The maximum absolute atomic E-state index is 12.5. The number of rotatable bonds is 6. The first-order valence-corrected chi connectivity index (χ1v) is 8.87. The van der Waals surface area contributed by atoms with Crippen molar-refractivity contribution in [3.63, 3.8) is 0 Å². The molecule has 0 unspecified atom stereocenters. The Hall–Kier alpha value is -3.94. The van der Waals surface area contributed by atoms with Gasteiger partial charge >= 0.3 is 0 Å². The minimum absolute atomic E-state index is 0.131. The van der Waals surface area contributed by atoms with Crippen molar-refractivity contribution in [2.24, 2.45) is 0 Å². The number of carbonyl (C=O) groups excluding carboxylic acids is 2. The van der Waals surface area contributed by atoms with Gasteiger partial charge in [0.25, 0.3) is 5.91 Å². The maximum atomic E-state index is 12.5. The number of aromatic nitrogens is 2. The second-order valence-electron chi connectivity index (χ2n) is 6.33. The fourth-order valence-electron chi connectivity index (χ4n) is 2.60. The number of nitrogens with one attached hydrogen (secondary N) is 3. The second-order valence-corrected chi connectivity index (χ2v) is 6.33. The largest absolute Gasteiger partial charge is 0.495 e. The molecule has 2 amide bonds. The number of anilines is 4. The lowest BCUT2D eigenvalue weighted by atomic mass is 10.2. The van der Waals surface area contributed by atoms with Crippen LogP contribution in [0.1, 0.15) is 23.0 Å². The molecule has 3 aromatic rings. The van der Waals surface area contributed by atoms with Crippen LogP contribution >= 0.6 is 0 Å². The highest BCUT2D eigenvalue weighted by molar-refractivity contribution is 6.03. The summed E-state index contributed by atoms with van der Waals surface area (Å²) in [6, 6.07) is 12.7. The van der Waals surface area contributed by atoms with E-state index in [1.807, 2.05) is 19.1 Å². The van der Waals surface area contributed by atoms with Crippen molar-refractivity contribution in [3.8, 4) is 5.75 Å². The molecule has 3 rings (SSSR count). The molecular weight excluding hydrogens is 370 g/mol. The molecule has 0 fully saturated rings. The zero-order valence-electron chi connectivity index (χ0n) is 16.3. The fraction of sp³-hybridized carbons (Fsp3) is 0.143. The van der Waals surface area contributed by atoms with Gasteiger partial charge in [-0.05, 0) is 48.9 Å². The van der Waals surface area contributed by atoms with Gasteiger partial charge in [-0.2, -0.15) is 0 Å². The molecule has 0 bridgehead atoms. The number of hydrogen-bond donors (Lipinski definition) is 3. The highest BCUT2D eigenvalue weighted by atomic mass is 16.5. The Morgan fingerprint density at radius 1 is 0.931 bits per heavy atom. The standard InChI is InChI=1S/C21H21N5O3/c1-13-4-9-19(29-3)17(10-13)26-21(28)18-11-23-20(12-22-18)25-16-7-5-15(6-8-16)24-14(2)27/h4-12H,1-3H3,(H,23,25)(H,24,27)(H,26,28). The van der Waals surface area contributed by atoms with Crippen LogP contribution in [-0.2, 0) is 4.79 Å². The minimum atomic E-state index is -0.382. The van der Waals surface area contributed by atoms with Gasteiger partial charge in [0.1, 0.15) is 17.3 Å². The van der Waals surface area contributed by atoms with E-state index in [0.717, 1.165) is 11.3 Å². The summed E-state index contributed by atoms with van der Waals surface area (Å²) < 4.78 is 5.27. The Morgan fingerprint density at radius 3 is 2.28 bits per heavy atom. The van der Waals surface area contributed by atoms with Crippen molar-refractivity contribution in [3.05, 3.63) is 66.1 Å². The van der Waals surface area contributed by atoms with Crippen molar-refractivity contribution >= 4 is 34.7 Å². The zero-order chi connectivity index (χ0) is 20.8. The Morgan fingerprint density at radius 2 is 1.66 bits per heavy atom. The average molecular weight is 391 g/mol. The zero-order valence-corrected chi connectivity index (χ0v) is 16.3. The molecule has 8 heteroatoms. The van der Waals surface area contributed by atoms with Crippen molar-refractivity contribution in [2.45, 2.75) is 13.8 Å². The summed E-state index contributed by atoms with van der Waals surface area (Å²) in [7, 11) is 1.54. The molecule has 0 spiro atoms. The highest BCUT2D eigenvalue weighted by Gasteiger charge is 2.12. The van der Waals surface area contributed by atoms with E-state index in [0.29, 0.717) is 22.9 Å². The lowest BCUT2D eigenvalue weighted by molar-refractivity contribution is -0.114. The lowest BCUT2D eigenvalue weighted by Gasteiger charge is -2.11. The number of amides is 2. The summed E-state index contributed by atoms with van der Waals surface area (Å²) in [5.74, 6) is 0.543. The van der Waals surface area contributed by atoms with Gasteiger partial charge in [0, 0.05) is 18.3 Å². The van der Waals surface area contributed by atoms with Crippen molar-refractivity contribution in [1.29, 1.82) is 0 Å². The number of benzene rings is 2. The highest BCUT2D eigenvalue weighted by Crippen LogP contribution is 2.25. The molecular formula is C21H21N5O3. The molecule has 0 radical (unpaired) electrons. The minimum Gasteiger partial charge on any atom is -0.495 e. The van der Waals surface area contributed by atoms with Gasteiger partial charge in [0.05, 0.1) is 25.2 Å². The first-order valence-electron chi connectivity index (χ1n) is 8.87. The molecule has 3 N–H and O–H groups in total. The normalized spacial score (nSPS) is 10.2. The molecule has 148 valence electrons.